The number of rotatable bonds is 7. The van der Waals surface area contributed by atoms with Crippen molar-refractivity contribution in [3.8, 4) is 5.75 Å². The minimum Gasteiger partial charge on any atom is -0.497 e. The fourth-order valence-electron chi connectivity index (χ4n) is 5.38. The number of allylic oxidation sites excluding steroid dienone is 3. The van der Waals surface area contributed by atoms with E-state index in [9.17, 15) is 14.4 Å². The van der Waals surface area contributed by atoms with Crippen LogP contribution < -0.4 is 10.1 Å². The third-order valence-corrected chi connectivity index (χ3v) is 8.83. The van der Waals surface area contributed by atoms with Gasteiger partial charge < -0.3 is 19.5 Å². The number of carbonyl (C=O) groups excluding carboxylic acids is 3. The summed E-state index contributed by atoms with van der Waals surface area (Å²) in [5.74, 6) is -2.77. The minimum atomic E-state index is -1.04. The molecular weight excluding hydrogens is 514 g/mol. The summed E-state index contributed by atoms with van der Waals surface area (Å²) in [7, 11) is 1.59. The summed E-state index contributed by atoms with van der Waals surface area (Å²) in [6, 6.07) is 11.5. The molecule has 8 heteroatoms. The van der Waals surface area contributed by atoms with Gasteiger partial charge in [0.05, 0.1) is 31.8 Å². The van der Waals surface area contributed by atoms with Crippen LogP contribution in [0, 0.1) is 5.92 Å². The Kier molecular flexibility index (Phi) is 8.35. The van der Waals surface area contributed by atoms with E-state index in [0.717, 1.165) is 21.0 Å². The largest absolute Gasteiger partial charge is 0.497 e. The summed E-state index contributed by atoms with van der Waals surface area (Å²) in [4.78, 5) is 43.0. The lowest BCUT2D eigenvalue weighted by atomic mass is 9.68. The second kappa shape index (κ2) is 11.4. The van der Waals surface area contributed by atoms with Gasteiger partial charge in [0.25, 0.3) is 0 Å². The predicted molar refractivity (Wildman–Crippen MR) is 151 cm³/mol. The van der Waals surface area contributed by atoms with Gasteiger partial charge in [-0.15, -0.1) is 11.3 Å². The molecule has 2 aromatic rings. The molecule has 0 saturated heterocycles. The molecule has 1 aromatic carbocycles. The van der Waals surface area contributed by atoms with Crippen LogP contribution in [-0.4, -0.2) is 38.0 Å². The second-order valence-electron chi connectivity index (χ2n) is 10.8. The van der Waals surface area contributed by atoms with Crippen molar-refractivity contribution < 1.29 is 28.6 Å². The summed E-state index contributed by atoms with van der Waals surface area (Å²) in [5, 5.41) is 3.35. The van der Waals surface area contributed by atoms with E-state index >= 15 is 0 Å². The van der Waals surface area contributed by atoms with Crippen LogP contribution in [0.5, 0.6) is 5.75 Å². The van der Waals surface area contributed by atoms with Crippen molar-refractivity contribution in [3.63, 3.8) is 0 Å². The van der Waals surface area contributed by atoms with Gasteiger partial charge in [0.2, 0.25) is 0 Å². The van der Waals surface area contributed by atoms with Crippen LogP contribution in [-0.2, 0) is 29.3 Å². The number of carbonyl (C=O) groups is 3. The lowest BCUT2D eigenvalue weighted by molar-refractivity contribution is -0.152. The van der Waals surface area contributed by atoms with Gasteiger partial charge in [0, 0.05) is 32.6 Å². The van der Waals surface area contributed by atoms with Crippen LogP contribution in [0.25, 0.3) is 0 Å². The highest BCUT2D eigenvalue weighted by Crippen LogP contribution is 2.50. The summed E-state index contributed by atoms with van der Waals surface area (Å²) in [5.41, 5.74) is 2.96. The molecule has 2 heterocycles. The molecule has 1 aliphatic carbocycles. The first kappa shape index (κ1) is 28.6. The molecule has 0 amide bonds. The third-order valence-electron chi connectivity index (χ3n) is 7.25. The van der Waals surface area contributed by atoms with Crippen molar-refractivity contribution in [3.05, 3.63) is 74.3 Å². The average Bonchev–Trinajstić information content (AvgIpc) is 3.39. The molecule has 1 aliphatic heterocycles. The molecule has 0 bridgehead atoms. The lowest BCUT2D eigenvalue weighted by Crippen LogP contribution is -2.43. The van der Waals surface area contributed by atoms with Crippen molar-refractivity contribution in [2.45, 2.75) is 65.2 Å². The molecule has 0 fully saturated rings. The number of ether oxygens (including phenoxy) is 3. The Hall–Kier alpha value is -3.39. The van der Waals surface area contributed by atoms with E-state index in [2.05, 4.69) is 32.2 Å². The molecule has 3 atom stereocenters. The van der Waals surface area contributed by atoms with E-state index in [1.165, 1.54) is 0 Å². The molecule has 7 nitrogen and oxygen atoms in total. The first-order valence-electron chi connectivity index (χ1n) is 13.3. The van der Waals surface area contributed by atoms with Crippen LogP contribution in [0.15, 0.2) is 58.9 Å². The standard InChI is InChI=1S/C31H37NO6S/c1-8-37-29(34)24-17(3)32-21-16-20(18-10-12-19(36-7)13-11-18)25(30(35)38-9-2)28(33)26(21)27(24)22-14-15-23(39-22)31(4,5)6/h10-15,20,25,27,32H,8-9,16H2,1-7H3. The lowest BCUT2D eigenvalue weighted by Gasteiger charge is -2.39. The van der Waals surface area contributed by atoms with Gasteiger partial charge in [0.1, 0.15) is 11.7 Å². The maximum Gasteiger partial charge on any atom is 0.336 e. The fourth-order valence-corrected chi connectivity index (χ4v) is 6.56. The number of methoxy groups -OCH3 is 1. The van der Waals surface area contributed by atoms with Gasteiger partial charge in [-0.3, -0.25) is 9.59 Å². The summed E-state index contributed by atoms with van der Waals surface area (Å²) in [6.07, 6.45) is 0.415. The number of thiophene rings is 1. The van der Waals surface area contributed by atoms with Crippen molar-refractivity contribution in [2.75, 3.05) is 20.3 Å². The summed E-state index contributed by atoms with van der Waals surface area (Å²) in [6.45, 7) is 12.1. The second-order valence-corrected chi connectivity index (χ2v) is 12.0. The van der Waals surface area contributed by atoms with E-state index in [0.29, 0.717) is 29.0 Å². The number of Topliss-reactive ketones (excluding diaryl/α,β-unsaturated/α-hetero) is 1. The Labute approximate surface area is 234 Å². The topological polar surface area (TPSA) is 90.9 Å². The van der Waals surface area contributed by atoms with E-state index < -0.39 is 29.7 Å². The van der Waals surface area contributed by atoms with Crippen LogP contribution in [0.2, 0.25) is 0 Å². The maximum absolute atomic E-state index is 14.4. The number of ketones is 1. The van der Waals surface area contributed by atoms with Gasteiger partial charge in [-0.25, -0.2) is 4.79 Å². The number of benzene rings is 1. The molecule has 208 valence electrons. The molecule has 0 radical (unpaired) electrons. The molecule has 0 saturated carbocycles. The zero-order chi connectivity index (χ0) is 28.5. The molecular formula is C31H37NO6S. The molecule has 0 spiro atoms. The van der Waals surface area contributed by atoms with Gasteiger partial charge in [-0.2, -0.15) is 0 Å². The Morgan fingerprint density at radius 2 is 1.69 bits per heavy atom. The van der Waals surface area contributed by atoms with Crippen molar-refractivity contribution in [2.24, 2.45) is 5.92 Å². The summed E-state index contributed by atoms with van der Waals surface area (Å²) < 4.78 is 16.2. The highest BCUT2D eigenvalue weighted by Gasteiger charge is 2.49. The predicted octanol–water partition coefficient (Wildman–Crippen LogP) is 5.77. The SMILES string of the molecule is CCOC(=O)C1=C(C)NC2=C(C(=O)C(C(=O)OCC)C(c3ccc(OC)cc3)C2)C1c1ccc(C(C)(C)C)s1. The van der Waals surface area contributed by atoms with Crippen LogP contribution in [0.3, 0.4) is 0 Å². The summed E-state index contributed by atoms with van der Waals surface area (Å²) >= 11 is 1.58. The normalized spacial score (nSPS) is 21.3. The third kappa shape index (κ3) is 5.53. The molecule has 3 unspecified atom stereocenters. The maximum atomic E-state index is 14.4. The Morgan fingerprint density at radius 3 is 2.26 bits per heavy atom. The van der Waals surface area contributed by atoms with Crippen LogP contribution >= 0.6 is 11.3 Å². The van der Waals surface area contributed by atoms with E-state index in [-0.39, 0.29) is 24.4 Å². The number of esters is 2. The minimum absolute atomic E-state index is 0.0978. The molecule has 39 heavy (non-hydrogen) atoms. The zero-order valence-corrected chi connectivity index (χ0v) is 24.5. The van der Waals surface area contributed by atoms with E-state index in [1.807, 2.05) is 37.3 Å². The van der Waals surface area contributed by atoms with Crippen molar-refractivity contribution in [1.29, 1.82) is 0 Å². The fraction of sp³-hybridized carbons (Fsp3) is 0.452. The monoisotopic (exact) mass is 551 g/mol. The Morgan fingerprint density at radius 1 is 1.03 bits per heavy atom. The van der Waals surface area contributed by atoms with Gasteiger partial charge >= 0.3 is 11.9 Å². The zero-order valence-electron chi connectivity index (χ0n) is 23.7. The van der Waals surface area contributed by atoms with Gasteiger partial charge in [-0.1, -0.05) is 32.9 Å². The number of hydrogen-bond acceptors (Lipinski definition) is 8. The molecule has 2 aliphatic rings. The molecule has 4 rings (SSSR count). The highest BCUT2D eigenvalue weighted by molar-refractivity contribution is 7.12. The van der Waals surface area contributed by atoms with Crippen LogP contribution in [0.4, 0.5) is 0 Å². The van der Waals surface area contributed by atoms with Crippen molar-refractivity contribution in [1.82, 2.24) is 5.32 Å². The number of nitrogens with one attached hydrogen (secondary N) is 1. The Balaban J connectivity index is 1.89. The Bertz CT molecular complexity index is 1330. The quantitative estimate of drug-likeness (QED) is 0.345. The van der Waals surface area contributed by atoms with Gasteiger partial charge in [-0.05, 0) is 62.4 Å². The van der Waals surface area contributed by atoms with Gasteiger partial charge in [0.15, 0.2) is 5.78 Å². The number of dihydropyridines is 1. The highest BCUT2D eigenvalue weighted by atomic mass is 32.1. The van der Waals surface area contributed by atoms with Crippen LogP contribution in [0.1, 0.15) is 75.1 Å². The van der Waals surface area contributed by atoms with Crippen molar-refractivity contribution >= 4 is 29.1 Å². The van der Waals surface area contributed by atoms with E-state index in [1.54, 1.807) is 32.3 Å². The number of hydrogen-bond donors (Lipinski definition) is 1. The molecule has 1 N–H and O–H groups in total. The molecule has 1 aromatic heterocycles. The van der Waals surface area contributed by atoms with E-state index in [4.69, 9.17) is 14.2 Å². The smallest absolute Gasteiger partial charge is 0.336 e. The first-order chi connectivity index (χ1) is 18.5. The average molecular weight is 552 g/mol. The first-order valence-corrected chi connectivity index (χ1v) is 14.2.